The number of methoxy groups -OCH3 is 1. The van der Waals surface area contributed by atoms with Crippen molar-refractivity contribution in [2.45, 2.75) is 6.92 Å². The maximum Gasteiger partial charge on any atom is 0.279 e. The molecule has 3 aromatic carbocycles. The molecule has 2 N–H and O–H groups in total. The quantitative estimate of drug-likeness (QED) is 0.277. The number of rotatable bonds is 5. The van der Waals surface area contributed by atoms with E-state index in [2.05, 4.69) is 0 Å². The highest BCUT2D eigenvalue weighted by molar-refractivity contribution is 6.10. The smallest absolute Gasteiger partial charge is 0.279 e. The van der Waals surface area contributed by atoms with Crippen LogP contribution in [0.4, 0.5) is 0 Å². The van der Waals surface area contributed by atoms with Gasteiger partial charge in [0.2, 0.25) is 0 Å². The minimum Gasteiger partial charge on any atom is -0.494 e. The Morgan fingerprint density at radius 3 is 2.03 bits per heavy atom. The molecule has 0 bridgehead atoms. The first-order chi connectivity index (χ1) is 15.0. The predicted octanol–water partition coefficient (Wildman–Crippen LogP) is 4.90. The van der Waals surface area contributed by atoms with E-state index in [1.165, 1.54) is 7.11 Å². The van der Waals surface area contributed by atoms with Crippen LogP contribution in [-0.4, -0.2) is 29.0 Å². The maximum atomic E-state index is 12.4. The topological polar surface area (TPSA) is 88.5 Å². The Labute approximate surface area is 179 Å². The summed E-state index contributed by atoms with van der Waals surface area (Å²) >= 11 is 0. The number of nitrogens with one attached hydrogen (secondary N) is 1. The van der Waals surface area contributed by atoms with Gasteiger partial charge >= 0.3 is 0 Å². The summed E-state index contributed by atoms with van der Waals surface area (Å²) in [6.45, 7) is 1.54. The molecule has 4 rings (SSSR count). The van der Waals surface area contributed by atoms with Gasteiger partial charge in [0, 0.05) is 16.5 Å². The van der Waals surface area contributed by atoms with Crippen LogP contribution < -0.4 is 10.2 Å². The Bertz CT molecular complexity index is 1280. The van der Waals surface area contributed by atoms with Crippen molar-refractivity contribution in [3.63, 3.8) is 0 Å². The molecule has 0 spiro atoms. The van der Waals surface area contributed by atoms with E-state index in [9.17, 15) is 14.8 Å². The van der Waals surface area contributed by atoms with Gasteiger partial charge in [-0.3, -0.25) is 14.8 Å². The Kier molecular flexibility index (Phi) is 5.47. The van der Waals surface area contributed by atoms with Gasteiger partial charge in [-0.1, -0.05) is 66.7 Å². The lowest BCUT2D eigenvalue weighted by Gasteiger charge is -2.15. The minimum absolute atomic E-state index is 0.0269. The lowest BCUT2D eigenvalue weighted by Crippen LogP contribution is -2.20. The fourth-order valence-corrected chi connectivity index (χ4v) is 3.59. The first kappa shape index (κ1) is 20.3. The first-order valence-electron chi connectivity index (χ1n) is 9.66. The highest BCUT2D eigenvalue weighted by Crippen LogP contribution is 2.37. The maximum absolute atomic E-state index is 12.4. The molecule has 1 amide bonds. The number of ether oxygens (including phenoxy) is 1. The number of para-hydroxylation sites is 1. The molecule has 0 atom stereocenters. The lowest BCUT2D eigenvalue weighted by atomic mass is 9.98. The number of hydrogen-bond acceptors (Lipinski definition) is 5. The summed E-state index contributed by atoms with van der Waals surface area (Å²) < 4.78 is 5.55. The molecule has 0 saturated carbocycles. The third kappa shape index (κ3) is 3.76. The summed E-state index contributed by atoms with van der Waals surface area (Å²) in [6.07, 6.45) is 0. The van der Waals surface area contributed by atoms with E-state index in [1.54, 1.807) is 42.7 Å². The van der Waals surface area contributed by atoms with E-state index in [4.69, 9.17) is 9.72 Å². The minimum atomic E-state index is -0.668. The number of carbonyl (C=O) groups is 2. The number of nitrogens with zero attached hydrogens (tertiary/aromatic N) is 1. The molecule has 0 fully saturated rings. The van der Waals surface area contributed by atoms with E-state index in [-0.39, 0.29) is 17.1 Å². The molecule has 4 aromatic rings. The first-order valence-corrected chi connectivity index (χ1v) is 9.66. The van der Waals surface area contributed by atoms with Crippen LogP contribution in [0.5, 0.6) is 5.75 Å². The molecule has 31 heavy (non-hydrogen) atoms. The molecular weight excluding hydrogens is 392 g/mol. The van der Waals surface area contributed by atoms with Gasteiger partial charge in [0.15, 0.2) is 11.5 Å². The van der Waals surface area contributed by atoms with E-state index < -0.39 is 5.91 Å². The van der Waals surface area contributed by atoms with Gasteiger partial charge in [-0.15, -0.1) is 0 Å². The number of hydrogen-bond donors (Lipinski definition) is 2. The van der Waals surface area contributed by atoms with Gasteiger partial charge in [0.25, 0.3) is 5.91 Å². The zero-order valence-electron chi connectivity index (χ0n) is 17.0. The highest BCUT2D eigenvalue weighted by atomic mass is 16.5. The molecule has 6 heteroatoms. The molecular formula is C25H20N2O4. The number of pyridine rings is 1. The molecule has 6 nitrogen and oxygen atoms in total. The Balaban J connectivity index is 1.81. The molecule has 1 aromatic heterocycles. The van der Waals surface area contributed by atoms with Crippen molar-refractivity contribution in [3.8, 4) is 28.1 Å². The monoisotopic (exact) mass is 412 g/mol. The van der Waals surface area contributed by atoms with Gasteiger partial charge in [0.1, 0.15) is 5.69 Å². The van der Waals surface area contributed by atoms with Crippen LogP contribution >= 0.6 is 0 Å². The molecule has 0 radical (unpaired) electrons. The number of Topliss-reactive ketones (excluding diaryl/α,β-unsaturated/α-hetero) is 1. The highest BCUT2D eigenvalue weighted by Gasteiger charge is 2.22. The fourth-order valence-electron chi connectivity index (χ4n) is 3.59. The van der Waals surface area contributed by atoms with Crippen LogP contribution in [-0.2, 0) is 0 Å². The average Bonchev–Trinajstić information content (AvgIpc) is 2.82. The Morgan fingerprint density at radius 2 is 1.45 bits per heavy atom. The molecule has 0 aliphatic rings. The zero-order chi connectivity index (χ0) is 22.0. The molecule has 0 aliphatic carbocycles. The second-order valence-electron chi connectivity index (χ2n) is 7.04. The van der Waals surface area contributed by atoms with Crippen molar-refractivity contribution in [2.75, 3.05) is 7.11 Å². The van der Waals surface area contributed by atoms with Crippen molar-refractivity contribution in [1.82, 2.24) is 10.5 Å². The van der Waals surface area contributed by atoms with E-state index >= 15 is 0 Å². The van der Waals surface area contributed by atoms with Gasteiger partial charge in [-0.2, -0.15) is 0 Å². The molecule has 0 unspecified atom stereocenters. The number of amides is 1. The summed E-state index contributed by atoms with van der Waals surface area (Å²) in [5, 5.41) is 9.83. The molecule has 154 valence electrons. The van der Waals surface area contributed by atoms with Gasteiger partial charge in [-0.25, -0.2) is 10.5 Å². The Morgan fingerprint density at radius 1 is 0.871 bits per heavy atom. The van der Waals surface area contributed by atoms with E-state index in [1.807, 2.05) is 42.5 Å². The largest absolute Gasteiger partial charge is 0.494 e. The summed E-state index contributed by atoms with van der Waals surface area (Å²) in [7, 11) is 1.47. The molecule has 0 saturated heterocycles. The van der Waals surface area contributed by atoms with Crippen LogP contribution in [0.2, 0.25) is 0 Å². The summed E-state index contributed by atoms with van der Waals surface area (Å²) in [4.78, 5) is 28.6. The van der Waals surface area contributed by atoms with Gasteiger partial charge in [-0.05, 0) is 24.1 Å². The molecule has 1 heterocycles. The summed E-state index contributed by atoms with van der Waals surface area (Å²) in [5.41, 5.74) is 6.42. The van der Waals surface area contributed by atoms with Crippen LogP contribution in [0.3, 0.4) is 0 Å². The number of carbonyl (C=O) groups excluding carboxylic acids is 2. The number of aromatic nitrogens is 1. The number of hydroxylamine groups is 1. The average molecular weight is 412 g/mol. The second-order valence-corrected chi connectivity index (χ2v) is 7.04. The standard InChI is InChI=1S/C25H20N2O4/c1-15(28)16-7-9-17(10-8-16)18-11-13-19(14-12-18)23-24(31-2)22(25(29)27-30)20-5-3-4-6-21(20)26-23/h3-14,30H,1-2H3,(H,27,29). The van der Waals surface area contributed by atoms with E-state index in [0.717, 1.165) is 16.7 Å². The summed E-state index contributed by atoms with van der Waals surface area (Å²) in [5.74, 6) is -0.359. The number of benzene rings is 3. The van der Waals surface area contributed by atoms with Crippen LogP contribution in [0.1, 0.15) is 27.6 Å². The molecule has 0 aliphatic heterocycles. The lowest BCUT2D eigenvalue weighted by molar-refractivity contribution is 0.0705. The van der Waals surface area contributed by atoms with Crippen LogP contribution in [0.25, 0.3) is 33.3 Å². The predicted molar refractivity (Wildman–Crippen MR) is 118 cm³/mol. The van der Waals surface area contributed by atoms with Crippen molar-refractivity contribution in [1.29, 1.82) is 0 Å². The zero-order valence-corrected chi connectivity index (χ0v) is 17.0. The fraction of sp³-hybridized carbons (Fsp3) is 0.0800. The number of fused-ring (bicyclic) bond motifs is 1. The second kappa shape index (κ2) is 8.38. The third-order valence-corrected chi connectivity index (χ3v) is 5.16. The number of ketones is 1. The normalized spacial score (nSPS) is 10.7. The third-order valence-electron chi connectivity index (χ3n) is 5.16. The van der Waals surface area contributed by atoms with Crippen molar-refractivity contribution >= 4 is 22.6 Å². The SMILES string of the molecule is COc1c(-c2ccc(-c3ccc(C(C)=O)cc3)cc2)nc2ccccc2c1C(=O)NO. The van der Waals surface area contributed by atoms with Crippen LogP contribution in [0, 0.1) is 0 Å². The van der Waals surface area contributed by atoms with Crippen molar-refractivity contribution < 1.29 is 19.5 Å². The van der Waals surface area contributed by atoms with Crippen molar-refractivity contribution in [2.24, 2.45) is 0 Å². The van der Waals surface area contributed by atoms with E-state index in [0.29, 0.717) is 22.2 Å². The van der Waals surface area contributed by atoms with Gasteiger partial charge < -0.3 is 4.74 Å². The Hall–Kier alpha value is -4.03. The van der Waals surface area contributed by atoms with Crippen molar-refractivity contribution in [3.05, 3.63) is 83.9 Å². The van der Waals surface area contributed by atoms with Gasteiger partial charge in [0.05, 0.1) is 18.2 Å². The summed E-state index contributed by atoms with van der Waals surface area (Å²) in [6, 6.07) is 22.3. The van der Waals surface area contributed by atoms with Crippen LogP contribution in [0.15, 0.2) is 72.8 Å².